The second kappa shape index (κ2) is 8.00. The van der Waals surface area contributed by atoms with Crippen molar-refractivity contribution in [2.45, 2.75) is 32.2 Å². The van der Waals surface area contributed by atoms with Crippen molar-refractivity contribution in [1.29, 1.82) is 0 Å². The average molecular weight is 312 g/mol. The number of nitrogens with one attached hydrogen (secondary N) is 1. The Labute approximate surface area is 130 Å². The van der Waals surface area contributed by atoms with E-state index in [1.165, 1.54) is 4.90 Å². The van der Waals surface area contributed by atoms with Gasteiger partial charge >= 0.3 is 0 Å². The summed E-state index contributed by atoms with van der Waals surface area (Å²) in [6.45, 7) is 2.02. The first-order valence-corrected chi connectivity index (χ1v) is 7.29. The number of amides is 2. The van der Waals surface area contributed by atoms with E-state index >= 15 is 0 Å². The lowest BCUT2D eigenvalue weighted by Crippen LogP contribution is -2.27. The van der Waals surface area contributed by atoms with Crippen LogP contribution in [0, 0.1) is 0 Å². The highest BCUT2D eigenvalue weighted by Crippen LogP contribution is 2.22. The summed E-state index contributed by atoms with van der Waals surface area (Å²) in [5, 5.41) is 3.10. The summed E-state index contributed by atoms with van der Waals surface area (Å²) in [4.78, 5) is 25.3. The van der Waals surface area contributed by atoms with Crippen LogP contribution in [0.5, 0.6) is 0 Å². The lowest BCUT2D eigenvalue weighted by atomic mass is 10.1. The molecule has 0 saturated heterocycles. The Bertz CT molecular complexity index is 518. The molecule has 0 fully saturated rings. The molecule has 0 bridgehead atoms. The monoisotopic (exact) mass is 311 g/mol. The van der Waals surface area contributed by atoms with Crippen molar-refractivity contribution in [3.8, 4) is 0 Å². The third-order valence-electron chi connectivity index (χ3n) is 2.99. The fourth-order valence-electron chi connectivity index (χ4n) is 1.93. The van der Waals surface area contributed by atoms with Crippen molar-refractivity contribution in [3.63, 3.8) is 0 Å². The zero-order valence-electron chi connectivity index (χ0n) is 12.6. The number of hydrogen-bond acceptors (Lipinski definition) is 3. The molecule has 0 heterocycles. The molecule has 0 radical (unpaired) electrons. The highest BCUT2D eigenvalue weighted by molar-refractivity contribution is 6.34. The topological polar surface area (TPSA) is 75.4 Å². The number of rotatable bonds is 6. The lowest BCUT2D eigenvalue weighted by Gasteiger charge is -2.14. The molecule has 1 unspecified atom stereocenters. The fourth-order valence-corrected chi connectivity index (χ4v) is 2.13. The van der Waals surface area contributed by atoms with Gasteiger partial charge in [0.25, 0.3) is 5.91 Å². The van der Waals surface area contributed by atoms with Crippen LogP contribution in [0.15, 0.2) is 18.2 Å². The molecule has 0 spiro atoms. The van der Waals surface area contributed by atoms with E-state index in [4.69, 9.17) is 17.3 Å². The SMILES string of the molecule is CCCC(N)CC(=O)Nc1ccc(Cl)c(C(=O)N(C)C)c1. The normalized spacial score (nSPS) is 11.9. The molecule has 21 heavy (non-hydrogen) atoms. The molecule has 1 aromatic rings. The highest BCUT2D eigenvalue weighted by atomic mass is 35.5. The summed E-state index contributed by atoms with van der Waals surface area (Å²) in [6, 6.07) is 4.69. The maximum atomic E-state index is 12.0. The van der Waals surface area contributed by atoms with Crippen LogP contribution in [0.25, 0.3) is 0 Å². The van der Waals surface area contributed by atoms with Crippen LogP contribution in [0.3, 0.4) is 0 Å². The van der Waals surface area contributed by atoms with Crippen molar-refractivity contribution in [2.75, 3.05) is 19.4 Å². The molecular weight excluding hydrogens is 290 g/mol. The van der Waals surface area contributed by atoms with E-state index < -0.39 is 0 Å². The van der Waals surface area contributed by atoms with Crippen molar-refractivity contribution < 1.29 is 9.59 Å². The molecule has 0 saturated carbocycles. The molecule has 1 aromatic carbocycles. The van der Waals surface area contributed by atoms with Gasteiger partial charge in [0.15, 0.2) is 0 Å². The van der Waals surface area contributed by atoms with Crippen LogP contribution in [0.4, 0.5) is 5.69 Å². The van der Waals surface area contributed by atoms with Gasteiger partial charge < -0.3 is 16.0 Å². The molecule has 116 valence electrons. The maximum absolute atomic E-state index is 12.0. The van der Waals surface area contributed by atoms with E-state index in [1.807, 2.05) is 6.92 Å². The first-order valence-electron chi connectivity index (χ1n) is 6.91. The molecule has 5 nitrogen and oxygen atoms in total. The average Bonchev–Trinajstić information content (AvgIpc) is 2.40. The summed E-state index contributed by atoms with van der Waals surface area (Å²) in [5.74, 6) is -0.375. The van der Waals surface area contributed by atoms with E-state index in [0.717, 1.165) is 12.8 Å². The molecule has 1 rings (SSSR count). The number of benzene rings is 1. The van der Waals surface area contributed by atoms with Crippen molar-refractivity contribution >= 4 is 29.1 Å². The van der Waals surface area contributed by atoms with Crippen LogP contribution in [-0.4, -0.2) is 36.9 Å². The second-order valence-corrected chi connectivity index (χ2v) is 5.60. The minimum absolute atomic E-state index is 0.148. The second-order valence-electron chi connectivity index (χ2n) is 5.20. The third kappa shape index (κ3) is 5.36. The molecule has 6 heteroatoms. The highest BCUT2D eigenvalue weighted by Gasteiger charge is 2.14. The van der Waals surface area contributed by atoms with Gasteiger partial charge in [-0.1, -0.05) is 24.9 Å². The molecule has 0 aliphatic rings. The Morgan fingerprint density at radius 1 is 1.38 bits per heavy atom. The molecule has 0 aliphatic heterocycles. The van der Waals surface area contributed by atoms with Crippen LogP contribution >= 0.6 is 11.6 Å². The fraction of sp³-hybridized carbons (Fsp3) is 0.467. The Kier molecular flexibility index (Phi) is 6.65. The van der Waals surface area contributed by atoms with E-state index in [-0.39, 0.29) is 24.3 Å². The minimum atomic E-state index is -0.209. The summed E-state index contributed by atoms with van der Waals surface area (Å²) in [7, 11) is 3.29. The van der Waals surface area contributed by atoms with E-state index in [2.05, 4.69) is 5.32 Å². The number of hydrogen-bond donors (Lipinski definition) is 2. The van der Waals surface area contributed by atoms with Crippen LogP contribution in [-0.2, 0) is 4.79 Å². The Morgan fingerprint density at radius 3 is 2.62 bits per heavy atom. The minimum Gasteiger partial charge on any atom is -0.345 e. The summed E-state index contributed by atoms with van der Waals surface area (Å²) in [6.07, 6.45) is 2.00. The first-order chi connectivity index (χ1) is 9.85. The maximum Gasteiger partial charge on any atom is 0.254 e. The zero-order valence-corrected chi connectivity index (χ0v) is 13.4. The molecular formula is C15H22ClN3O2. The van der Waals surface area contributed by atoms with Crippen LogP contribution in [0.2, 0.25) is 5.02 Å². The van der Waals surface area contributed by atoms with E-state index in [0.29, 0.717) is 16.3 Å². The van der Waals surface area contributed by atoms with Gasteiger partial charge in [-0.25, -0.2) is 0 Å². The summed E-state index contributed by atoms with van der Waals surface area (Å²) in [5.41, 5.74) is 6.74. The number of halogens is 1. The van der Waals surface area contributed by atoms with Crippen molar-refractivity contribution in [1.82, 2.24) is 4.90 Å². The predicted octanol–water partition coefficient (Wildman–Crippen LogP) is 2.50. The quantitative estimate of drug-likeness (QED) is 0.847. The number of nitrogens with zero attached hydrogens (tertiary/aromatic N) is 1. The third-order valence-corrected chi connectivity index (χ3v) is 3.32. The standard InChI is InChI=1S/C15H22ClN3O2/c1-4-5-10(17)8-14(20)18-11-6-7-13(16)12(9-11)15(21)19(2)3/h6-7,9-10H,4-5,8,17H2,1-3H3,(H,18,20). The van der Waals surface area contributed by atoms with E-state index in [1.54, 1.807) is 32.3 Å². The van der Waals surface area contributed by atoms with Gasteiger partial charge in [0, 0.05) is 32.2 Å². The van der Waals surface area contributed by atoms with E-state index in [9.17, 15) is 9.59 Å². The van der Waals surface area contributed by atoms with Gasteiger partial charge in [-0.2, -0.15) is 0 Å². The van der Waals surface area contributed by atoms with Crippen molar-refractivity contribution in [3.05, 3.63) is 28.8 Å². The summed E-state index contributed by atoms with van der Waals surface area (Å²) >= 11 is 6.02. The number of carbonyl (C=O) groups excluding carboxylic acids is 2. The Balaban J connectivity index is 2.79. The smallest absolute Gasteiger partial charge is 0.254 e. The number of carbonyl (C=O) groups is 2. The lowest BCUT2D eigenvalue weighted by molar-refractivity contribution is -0.116. The largest absolute Gasteiger partial charge is 0.345 e. The predicted molar refractivity (Wildman–Crippen MR) is 85.6 cm³/mol. The molecule has 3 N–H and O–H groups in total. The zero-order chi connectivity index (χ0) is 16.0. The molecule has 0 aliphatic carbocycles. The van der Waals surface area contributed by atoms with Gasteiger partial charge in [0.05, 0.1) is 10.6 Å². The first kappa shape index (κ1) is 17.5. The van der Waals surface area contributed by atoms with Crippen LogP contribution < -0.4 is 11.1 Å². The van der Waals surface area contributed by atoms with Crippen LogP contribution in [0.1, 0.15) is 36.5 Å². The van der Waals surface area contributed by atoms with Gasteiger partial charge in [0.2, 0.25) is 5.91 Å². The van der Waals surface area contributed by atoms with Gasteiger partial charge in [-0.15, -0.1) is 0 Å². The Hall–Kier alpha value is -1.59. The molecule has 1 atom stereocenters. The number of anilines is 1. The number of nitrogens with two attached hydrogens (primary N) is 1. The van der Waals surface area contributed by atoms with Gasteiger partial charge in [0.1, 0.15) is 0 Å². The molecule has 2 amide bonds. The summed E-state index contributed by atoms with van der Waals surface area (Å²) < 4.78 is 0. The Morgan fingerprint density at radius 2 is 2.05 bits per heavy atom. The van der Waals surface area contributed by atoms with Crippen molar-refractivity contribution in [2.24, 2.45) is 5.73 Å². The van der Waals surface area contributed by atoms with Gasteiger partial charge in [-0.3, -0.25) is 9.59 Å². The van der Waals surface area contributed by atoms with Gasteiger partial charge in [-0.05, 0) is 24.6 Å². The molecule has 0 aromatic heterocycles.